The second-order valence-electron chi connectivity index (χ2n) is 5.18. The summed E-state index contributed by atoms with van der Waals surface area (Å²) < 4.78 is 6.87. The lowest BCUT2D eigenvalue weighted by Crippen LogP contribution is -2.24. The Morgan fingerprint density at radius 3 is 2.48 bits per heavy atom. The van der Waals surface area contributed by atoms with E-state index in [0.29, 0.717) is 12.2 Å². The summed E-state index contributed by atoms with van der Waals surface area (Å²) in [6, 6.07) is 7.59. The number of benzene rings is 1. The lowest BCUT2D eigenvalue weighted by molar-refractivity contribution is 0.415. The van der Waals surface area contributed by atoms with Gasteiger partial charge in [0.25, 0.3) is 5.56 Å². The first-order chi connectivity index (χ1) is 10.1. The van der Waals surface area contributed by atoms with Crippen LogP contribution in [0.3, 0.4) is 0 Å². The predicted octanol–water partition coefficient (Wildman–Crippen LogP) is 3.21. The summed E-state index contributed by atoms with van der Waals surface area (Å²) in [5, 5.41) is 0. The number of anilines is 1. The number of aryl methyl sites for hydroxylation is 2. The van der Waals surface area contributed by atoms with E-state index in [9.17, 15) is 4.79 Å². The van der Waals surface area contributed by atoms with Crippen LogP contribution in [0.4, 0.5) is 5.69 Å². The molecule has 0 spiro atoms. The van der Waals surface area contributed by atoms with E-state index in [4.69, 9.17) is 10.5 Å². The number of unbranched alkanes of at least 4 members (excludes halogenated alkanes) is 1. The van der Waals surface area contributed by atoms with Gasteiger partial charge in [0.05, 0.1) is 7.11 Å². The van der Waals surface area contributed by atoms with E-state index >= 15 is 0 Å². The topological polar surface area (TPSA) is 57.2 Å². The molecule has 112 valence electrons. The number of aromatic nitrogens is 1. The van der Waals surface area contributed by atoms with Gasteiger partial charge in [-0.25, -0.2) is 0 Å². The van der Waals surface area contributed by atoms with Gasteiger partial charge in [0.2, 0.25) is 0 Å². The second kappa shape index (κ2) is 6.48. The van der Waals surface area contributed by atoms with Crippen molar-refractivity contribution in [3.63, 3.8) is 0 Å². The Hall–Kier alpha value is -2.23. The van der Waals surface area contributed by atoms with E-state index in [2.05, 4.69) is 6.92 Å². The molecule has 0 fully saturated rings. The molecule has 1 aromatic heterocycles. The van der Waals surface area contributed by atoms with Crippen molar-refractivity contribution in [1.82, 2.24) is 4.57 Å². The molecule has 1 aromatic carbocycles. The fourth-order valence-corrected chi connectivity index (χ4v) is 2.47. The van der Waals surface area contributed by atoms with Gasteiger partial charge in [0, 0.05) is 18.3 Å². The van der Waals surface area contributed by atoms with Crippen LogP contribution in [0.1, 0.15) is 25.3 Å². The van der Waals surface area contributed by atoms with E-state index < -0.39 is 0 Å². The zero-order valence-electron chi connectivity index (χ0n) is 12.8. The SMILES string of the molecule is CCCCn1cc(C)c(-c2ccc(OC)cc2)c(N)c1=O. The van der Waals surface area contributed by atoms with Crippen molar-refractivity contribution in [3.8, 4) is 16.9 Å². The Bertz CT molecular complexity index is 672. The molecule has 1 heterocycles. The molecule has 2 N–H and O–H groups in total. The van der Waals surface area contributed by atoms with Gasteiger partial charge >= 0.3 is 0 Å². The van der Waals surface area contributed by atoms with Gasteiger partial charge in [-0.05, 0) is 36.6 Å². The van der Waals surface area contributed by atoms with Crippen molar-refractivity contribution in [2.45, 2.75) is 33.2 Å². The lowest BCUT2D eigenvalue weighted by Gasteiger charge is -2.14. The molecule has 4 heteroatoms. The van der Waals surface area contributed by atoms with Gasteiger partial charge in [0.1, 0.15) is 11.4 Å². The highest BCUT2D eigenvalue weighted by Gasteiger charge is 2.12. The summed E-state index contributed by atoms with van der Waals surface area (Å²) in [5.41, 5.74) is 9.06. The van der Waals surface area contributed by atoms with Crippen LogP contribution in [-0.4, -0.2) is 11.7 Å². The minimum absolute atomic E-state index is 0.111. The maximum atomic E-state index is 12.4. The largest absolute Gasteiger partial charge is 0.497 e. The first kappa shape index (κ1) is 15.2. The standard InChI is InChI=1S/C17H22N2O2/c1-4-5-10-19-11-12(2)15(16(18)17(19)20)13-6-8-14(21-3)9-7-13/h6-9,11H,4-5,10,18H2,1-3H3. The maximum absolute atomic E-state index is 12.4. The Balaban J connectivity index is 2.49. The van der Waals surface area contributed by atoms with E-state index in [0.717, 1.165) is 35.3 Å². The van der Waals surface area contributed by atoms with Crippen LogP contribution in [0, 0.1) is 6.92 Å². The molecule has 0 aliphatic heterocycles. The molecule has 0 bridgehead atoms. The van der Waals surface area contributed by atoms with Crippen LogP contribution in [-0.2, 0) is 6.54 Å². The fraction of sp³-hybridized carbons (Fsp3) is 0.353. The molecule has 0 amide bonds. The highest BCUT2D eigenvalue weighted by atomic mass is 16.5. The van der Waals surface area contributed by atoms with Gasteiger partial charge in [-0.1, -0.05) is 25.5 Å². The third kappa shape index (κ3) is 3.10. The van der Waals surface area contributed by atoms with Crippen LogP contribution in [0.25, 0.3) is 11.1 Å². The van der Waals surface area contributed by atoms with Crippen molar-refractivity contribution in [2.75, 3.05) is 12.8 Å². The van der Waals surface area contributed by atoms with Crippen molar-refractivity contribution in [3.05, 3.63) is 46.4 Å². The third-order valence-electron chi connectivity index (χ3n) is 3.64. The van der Waals surface area contributed by atoms with Gasteiger partial charge in [-0.15, -0.1) is 0 Å². The highest BCUT2D eigenvalue weighted by molar-refractivity contribution is 5.78. The summed E-state index contributed by atoms with van der Waals surface area (Å²) in [5.74, 6) is 0.784. The number of hydrogen-bond donors (Lipinski definition) is 1. The smallest absolute Gasteiger partial charge is 0.274 e. The van der Waals surface area contributed by atoms with E-state index in [-0.39, 0.29) is 5.56 Å². The quantitative estimate of drug-likeness (QED) is 0.918. The molecule has 0 aliphatic rings. The molecule has 0 saturated heterocycles. The Morgan fingerprint density at radius 1 is 1.24 bits per heavy atom. The third-order valence-corrected chi connectivity index (χ3v) is 3.64. The Labute approximate surface area is 125 Å². The predicted molar refractivity (Wildman–Crippen MR) is 86.7 cm³/mol. The lowest BCUT2D eigenvalue weighted by atomic mass is 10.0. The minimum Gasteiger partial charge on any atom is -0.497 e. The Morgan fingerprint density at radius 2 is 1.90 bits per heavy atom. The van der Waals surface area contributed by atoms with Crippen molar-refractivity contribution in [2.24, 2.45) is 0 Å². The van der Waals surface area contributed by atoms with E-state index in [1.165, 1.54) is 0 Å². The summed E-state index contributed by atoms with van der Waals surface area (Å²) >= 11 is 0. The molecular weight excluding hydrogens is 264 g/mol. The summed E-state index contributed by atoms with van der Waals surface area (Å²) in [6.45, 7) is 4.80. The number of ether oxygens (including phenoxy) is 1. The molecular formula is C17H22N2O2. The molecule has 0 radical (unpaired) electrons. The monoisotopic (exact) mass is 286 g/mol. The average Bonchev–Trinajstić information content (AvgIpc) is 2.50. The number of methoxy groups -OCH3 is 1. The van der Waals surface area contributed by atoms with Crippen molar-refractivity contribution < 1.29 is 4.74 Å². The number of rotatable bonds is 5. The fourth-order valence-electron chi connectivity index (χ4n) is 2.47. The van der Waals surface area contributed by atoms with Crippen LogP contribution in [0.2, 0.25) is 0 Å². The van der Waals surface area contributed by atoms with Crippen molar-refractivity contribution in [1.29, 1.82) is 0 Å². The minimum atomic E-state index is -0.111. The maximum Gasteiger partial charge on any atom is 0.274 e. The van der Waals surface area contributed by atoms with E-state index in [1.807, 2.05) is 37.4 Å². The van der Waals surface area contributed by atoms with E-state index in [1.54, 1.807) is 11.7 Å². The van der Waals surface area contributed by atoms with Crippen LogP contribution in [0.5, 0.6) is 5.75 Å². The number of nitrogens with two attached hydrogens (primary N) is 1. The zero-order chi connectivity index (χ0) is 15.4. The first-order valence-electron chi connectivity index (χ1n) is 7.22. The van der Waals surface area contributed by atoms with Crippen molar-refractivity contribution >= 4 is 5.69 Å². The molecule has 0 atom stereocenters. The highest BCUT2D eigenvalue weighted by Crippen LogP contribution is 2.28. The summed E-state index contributed by atoms with van der Waals surface area (Å²) in [4.78, 5) is 12.4. The molecule has 0 unspecified atom stereocenters. The summed E-state index contributed by atoms with van der Waals surface area (Å²) in [6.07, 6.45) is 3.92. The second-order valence-corrected chi connectivity index (χ2v) is 5.18. The zero-order valence-corrected chi connectivity index (χ0v) is 12.8. The number of nitrogen functional groups attached to an aromatic ring is 1. The Kier molecular flexibility index (Phi) is 4.68. The molecule has 0 saturated carbocycles. The van der Waals surface area contributed by atoms with Crippen LogP contribution in [0.15, 0.2) is 35.3 Å². The summed E-state index contributed by atoms with van der Waals surface area (Å²) in [7, 11) is 1.63. The molecule has 2 rings (SSSR count). The van der Waals surface area contributed by atoms with Gasteiger partial charge in [-0.3, -0.25) is 4.79 Å². The number of pyridine rings is 1. The normalized spacial score (nSPS) is 10.6. The number of nitrogens with zero attached hydrogens (tertiary/aromatic N) is 1. The average molecular weight is 286 g/mol. The van der Waals surface area contributed by atoms with Crippen LogP contribution < -0.4 is 16.0 Å². The van der Waals surface area contributed by atoms with Gasteiger partial charge in [0.15, 0.2) is 0 Å². The van der Waals surface area contributed by atoms with Gasteiger partial charge in [-0.2, -0.15) is 0 Å². The van der Waals surface area contributed by atoms with Gasteiger partial charge < -0.3 is 15.0 Å². The van der Waals surface area contributed by atoms with Crippen LogP contribution >= 0.6 is 0 Å². The molecule has 0 aliphatic carbocycles. The molecule has 4 nitrogen and oxygen atoms in total. The first-order valence-corrected chi connectivity index (χ1v) is 7.22. The molecule has 2 aromatic rings. The number of hydrogen-bond acceptors (Lipinski definition) is 3. The molecule has 21 heavy (non-hydrogen) atoms.